The van der Waals surface area contributed by atoms with Crippen LogP contribution in [0.5, 0.6) is 0 Å². The van der Waals surface area contributed by atoms with Gasteiger partial charge in [-0.05, 0) is 18.2 Å². The molecular formula is C10H5BrF3N3O2. The number of aromatic carboxylic acids is 1. The molecule has 0 atom stereocenters. The summed E-state index contributed by atoms with van der Waals surface area (Å²) in [5.74, 6) is -1.78. The zero-order valence-electron chi connectivity index (χ0n) is 9.02. The molecule has 1 aromatic heterocycles. The highest BCUT2D eigenvalue weighted by molar-refractivity contribution is 9.10. The second-order valence-corrected chi connectivity index (χ2v) is 4.40. The van der Waals surface area contributed by atoms with Gasteiger partial charge >= 0.3 is 12.1 Å². The standard InChI is InChI=1S/C10H5BrF3N3O2/c11-5-2-1-3-6(4-5)17-8(10(12,13)14)7(9(18)19)15-16-17/h1-4H,(H,18,19). The third kappa shape index (κ3) is 2.60. The average Bonchev–Trinajstić information content (AvgIpc) is 2.73. The number of hydrogen-bond donors (Lipinski definition) is 1. The molecule has 19 heavy (non-hydrogen) atoms. The molecule has 0 aliphatic rings. The molecule has 5 nitrogen and oxygen atoms in total. The molecule has 1 aromatic carbocycles. The van der Waals surface area contributed by atoms with Crippen LogP contribution in [0, 0.1) is 0 Å². The maximum absolute atomic E-state index is 12.9. The minimum absolute atomic E-state index is 0.0571. The fourth-order valence-corrected chi connectivity index (χ4v) is 1.86. The predicted octanol–water partition coefficient (Wildman–Crippen LogP) is 2.75. The second-order valence-electron chi connectivity index (χ2n) is 3.48. The summed E-state index contributed by atoms with van der Waals surface area (Å²) >= 11 is 3.11. The molecule has 0 radical (unpaired) electrons. The van der Waals surface area contributed by atoms with Gasteiger partial charge < -0.3 is 5.11 Å². The number of rotatable bonds is 2. The van der Waals surface area contributed by atoms with Gasteiger partial charge in [-0.2, -0.15) is 13.2 Å². The van der Waals surface area contributed by atoms with Crippen molar-refractivity contribution in [3.05, 3.63) is 40.1 Å². The smallest absolute Gasteiger partial charge is 0.436 e. The lowest BCUT2D eigenvalue weighted by molar-refractivity contribution is -0.143. The molecule has 9 heteroatoms. The Labute approximate surface area is 112 Å². The first-order chi connectivity index (χ1) is 8.80. The van der Waals surface area contributed by atoms with Crippen LogP contribution in [0.2, 0.25) is 0 Å². The Hall–Kier alpha value is -1.90. The lowest BCUT2D eigenvalue weighted by Crippen LogP contribution is -2.17. The lowest BCUT2D eigenvalue weighted by atomic mass is 10.2. The van der Waals surface area contributed by atoms with Gasteiger partial charge in [-0.25, -0.2) is 9.48 Å². The fourth-order valence-electron chi connectivity index (χ4n) is 1.47. The number of hydrogen-bond acceptors (Lipinski definition) is 3. The van der Waals surface area contributed by atoms with Crippen molar-refractivity contribution in [3.8, 4) is 5.69 Å². The molecule has 100 valence electrons. The zero-order valence-corrected chi connectivity index (χ0v) is 10.6. The summed E-state index contributed by atoms with van der Waals surface area (Å²) in [6.07, 6.45) is -4.88. The summed E-state index contributed by atoms with van der Waals surface area (Å²) in [4.78, 5) is 10.8. The number of alkyl halides is 3. The first-order valence-electron chi connectivity index (χ1n) is 4.83. The summed E-state index contributed by atoms with van der Waals surface area (Å²) in [5.41, 5.74) is -2.49. The molecule has 0 saturated carbocycles. The van der Waals surface area contributed by atoms with Crippen LogP contribution >= 0.6 is 15.9 Å². The Balaban J connectivity index is 2.68. The van der Waals surface area contributed by atoms with Gasteiger partial charge in [-0.15, -0.1) is 5.10 Å². The van der Waals surface area contributed by atoms with E-state index in [1.54, 1.807) is 6.07 Å². The Bertz CT molecular complexity index is 639. The van der Waals surface area contributed by atoms with E-state index in [1.165, 1.54) is 18.2 Å². The molecule has 0 amide bonds. The summed E-state index contributed by atoms with van der Waals surface area (Å²) in [7, 11) is 0. The van der Waals surface area contributed by atoms with Crippen LogP contribution in [-0.2, 0) is 6.18 Å². The lowest BCUT2D eigenvalue weighted by Gasteiger charge is -2.10. The van der Waals surface area contributed by atoms with E-state index >= 15 is 0 Å². The maximum atomic E-state index is 12.9. The summed E-state index contributed by atoms with van der Waals surface area (Å²) in [6.45, 7) is 0. The molecule has 2 rings (SSSR count). The van der Waals surface area contributed by atoms with Crippen LogP contribution < -0.4 is 0 Å². The molecule has 0 fully saturated rings. The van der Waals surface area contributed by atoms with E-state index in [9.17, 15) is 18.0 Å². The molecule has 0 aliphatic heterocycles. The van der Waals surface area contributed by atoms with Gasteiger partial charge in [0.1, 0.15) is 0 Å². The van der Waals surface area contributed by atoms with Gasteiger partial charge in [0.05, 0.1) is 5.69 Å². The van der Waals surface area contributed by atoms with Crippen LogP contribution in [0.1, 0.15) is 16.2 Å². The van der Waals surface area contributed by atoms with Crippen molar-refractivity contribution in [1.82, 2.24) is 15.0 Å². The molecule has 1 N–H and O–H groups in total. The van der Waals surface area contributed by atoms with E-state index in [2.05, 4.69) is 26.2 Å². The third-order valence-corrected chi connectivity index (χ3v) is 2.69. The van der Waals surface area contributed by atoms with Gasteiger partial charge in [-0.1, -0.05) is 27.2 Å². The minimum Gasteiger partial charge on any atom is -0.476 e. The molecule has 1 heterocycles. The van der Waals surface area contributed by atoms with Crippen molar-refractivity contribution >= 4 is 21.9 Å². The third-order valence-electron chi connectivity index (χ3n) is 2.19. The second kappa shape index (κ2) is 4.65. The van der Waals surface area contributed by atoms with Crippen LogP contribution in [-0.4, -0.2) is 26.1 Å². The molecule has 0 spiro atoms. The first kappa shape index (κ1) is 13.5. The Morgan fingerprint density at radius 3 is 2.58 bits per heavy atom. The molecule has 0 bridgehead atoms. The van der Waals surface area contributed by atoms with Gasteiger partial charge in [-0.3, -0.25) is 0 Å². The van der Waals surface area contributed by atoms with Gasteiger partial charge in [0.2, 0.25) is 5.69 Å². The highest BCUT2D eigenvalue weighted by Crippen LogP contribution is 2.33. The van der Waals surface area contributed by atoms with Crippen LogP contribution in [0.15, 0.2) is 28.7 Å². The zero-order chi connectivity index (χ0) is 14.2. The minimum atomic E-state index is -4.88. The summed E-state index contributed by atoms with van der Waals surface area (Å²) < 4.78 is 39.7. The number of aromatic nitrogens is 3. The average molecular weight is 336 g/mol. The van der Waals surface area contributed by atoms with Gasteiger partial charge in [0.15, 0.2) is 5.69 Å². The maximum Gasteiger partial charge on any atom is 0.436 e. The number of benzene rings is 1. The Morgan fingerprint density at radius 2 is 2.05 bits per heavy atom. The van der Waals surface area contributed by atoms with Crippen molar-refractivity contribution < 1.29 is 23.1 Å². The van der Waals surface area contributed by atoms with Crippen molar-refractivity contribution in [2.24, 2.45) is 0 Å². The van der Waals surface area contributed by atoms with E-state index in [0.29, 0.717) is 9.15 Å². The van der Waals surface area contributed by atoms with Crippen molar-refractivity contribution in [1.29, 1.82) is 0 Å². The molecule has 2 aromatic rings. The topological polar surface area (TPSA) is 68.0 Å². The van der Waals surface area contributed by atoms with E-state index < -0.39 is 23.5 Å². The number of nitrogens with zero attached hydrogens (tertiary/aromatic N) is 3. The van der Waals surface area contributed by atoms with Crippen molar-refractivity contribution in [2.75, 3.05) is 0 Å². The Kier molecular flexibility index (Phi) is 3.31. The normalized spacial score (nSPS) is 11.6. The van der Waals surface area contributed by atoms with Gasteiger partial charge in [0.25, 0.3) is 0 Å². The van der Waals surface area contributed by atoms with Crippen LogP contribution in [0.4, 0.5) is 13.2 Å². The number of halogens is 4. The van der Waals surface area contributed by atoms with E-state index in [-0.39, 0.29) is 5.69 Å². The van der Waals surface area contributed by atoms with E-state index in [4.69, 9.17) is 5.11 Å². The molecule has 0 unspecified atom stereocenters. The van der Waals surface area contributed by atoms with Crippen molar-refractivity contribution in [2.45, 2.75) is 6.18 Å². The van der Waals surface area contributed by atoms with Crippen LogP contribution in [0.25, 0.3) is 5.69 Å². The first-order valence-corrected chi connectivity index (χ1v) is 5.62. The quantitative estimate of drug-likeness (QED) is 0.916. The summed E-state index contributed by atoms with van der Waals surface area (Å²) in [6, 6.07) is 5.85. The highest BCUT2D eigenvalue weighted by atomic mass is 79.9. The van der Waals surface area contributed by atoms with Gasteiger partial charge in [0, 0.05) is 4.47 Å². The predicted molar refractivity (Wildman–Crippen MR) is 61.0 cm³/mol. The fraction of sp³-hybridized carbons (Fsp3) is 0.100. The number of carbonyl (C=O) groups is 1. The van der Waals surface area contributed by atoms with E-state index in [1.807, 2.05) is 0 Å². The number of carboxylic acids is 1. The SMILES string of the molecule is O=C(O)c1nnn(-c2cccc(Br)c2)c1C(F)(F)F. The molecule has 0 saturated heterocycles. The molecular weight excluding hydrogens is 331 g/mol. The Morgan fingerprint density at radius 1 is 1.37 bits per heavy atom. The summed E-state index contributed by atoms with van der Waals surface area (Å²) in [5, 5.41) is 15.0. The monoisotopic (exact) mass is 335 g/mol. The number of carboxylic acid groups (broad SMARTS) is 1. The molecule has 0 aliphatic carbocycles. The van der Waals surface area contributed by atoms with Crippen molar-refractivity contribution in [3.63, 3.8) is 0 Å². The van der Waals surface area contributed by atoms with E-state index in [0.717, 1.165) is 0 Å². The highest BCUT2D eigenvalue weighted by Gasteiger charge is 2.42. The van der Waals surface area contributed by atoms with Crippen LogP contribution in [0.3, 0.4) is 0 Å². The largest absolute Gasteiger partial charge is 0.476 e.